The lowest BCUT2D eigenvalue weighted by Crippen LogP contribution is -2.24. The standard InChI is InChI=1S/C7H10N2O2/c1-5(7(10)11)9-6-2-3-8-4-6/h2-5,8-9H,1H3,(H,10,11)/t5-/m0/s1. The molecule has 0 amide bonds. The van der Waals surface area contributed by atoms with E-state index in [1.54, 1.807) is 25.4 Å². The molecule has 0 aliphatic rings. The van der Waals surface area contributed by atoms with Crippen molar-refractivity contribution in [3.63, 3.8) is 0 Å². The smallest absolute Gasteiger partial charge is 0.325 e. The number of aliphatic carboxylic acids is 1. The minimum atomic E-state index is -0.855. The van der Waals surface area contributed by atoms with Gasteiger partial charge < -0.3 is 15.4 Å². The van der Waals surface area contributed by atoms with Crippen molar-refractivity contribution in [3.05, 3.63) is 18.5 Å². The molecule has 1 aromatic heterocycles. The summed E-state index contributed by atoms with van der Waals surface area (Å²) in [6.45, 7) is 1.59. The Labute approximate surface area is 64.2 Å². The zero-order valence-electron chi connectivity index (χ0n) is 6.16. The summed E-state index contributed by atoms with van der Waals surface area (Å²) in [7, 11) is 0. The summed E-state index contributed by atoms with van der Waals surface area (Å²) in [6.07, 6.45) is 3.44. The van der Waals surface area contributed by atoms with Crippen molar-refractivity contribution in [2.24, 2.45) is 0 Å². The highest BCUT2D eigenvalue weighted by atomic mass is 16.4. The van der Waals surface area contributed by atoms with Gasteiger partial charge in [0.05, 0.1) is 5.69 Å². The molecule has 0 saturated heterocycles. The quantitative estimate of drug-likeness (QED) is 0.606. The van der Waals surface area contributed by atoms with Crippen LogP contribution in [0.25, 0.3) is 0 Å². The topological polar surface area (TPSA) is 65.1 Å². The van der Waals surface area contributed by atoms with E-state index in [4.69, 9.17) is 5.11 Å². The maximum atomic E-state index is 10.4. The molecule has 0 radical (unpaired) electrons. The third kappa shape index (κ3) is 2.00. The van der Waals surface area contributed by atoms with E-state index >= 15 is 0 Å². The summed E-state index contributed by atoms with van der Waals surface area (Å²) in [5, 5.41) is 11.3. The molecule has 0 aliphatic carbocycles. The van der Waals surface area contributed by atoms with Crippen LogP contribution in [0.2, 0.25) is 0 Å². The van der Waals surface area contributed by atoms with Gasteiger partial charge >= 0.3 is 5.97 Å². The van der Waals surface area contributed by atoms with Crippen LogP contribution in [0.5, 0.6) is 0 Å². The van der Waals surface area contributed by atoms with Crippen molar-refractivity contribution in [1.82, 2.24) is 4.98 Å². The van der Waals surface area contributed by atoms with Crippen molar-refractivity contribution in [2.75, 3.05) is 5.32 Å². The van der Waals surface area contributed by atoms with Crippen LogP contribution < -0.4 is 5.32 Å². The highest BCUT2D eigenvalue weighted by Gasteiger charge is 2.09. The fourth-order valence-corrected chi connectivity index (χ4v) is 0.725. The maximum Gasteiger partial charge on any atom is 0.325 e. The van der Waals surface area contributed by atoms with Gasteiger partial charge in [-0.25, -0.2) is 0 Å². The number of hydrogen-bond acceptors (Lipinski definition) is 2. The van der Waals surface area contributed by atoms with Gasteiger partial charge in [0.25, 0.3) is 0 Å². The molecule has 0 spiro atoms. The van der Waals surface area contributed by atoms with Crippen molar-refractivity contribution < 1.29 is 9.90 Å². The largest absolute Gasteiger partial charge is 0.480 e. The Morgan fingerprint density at radius 3 is 3.00 bits per heavy atom. The summed E-state index contributed by atoms with van der Waals surface area (Å²) in [4.78, 5) is 13.2. The first-order valence-corrected chi connectivity index (χ1v) is 3.32. The van der Waals surface area contributed by atoms with Gasteiger partial charge in [-0.15, -0.1) is 0 Å². The van der Waals surface area contributed by atoms with Crippen LogP contribution in [0.1, 0.15) is 6.92 Å². The molecular formula is C7H10N2O2. The van der Waals surface area contributed by atoms with Crippen LogP contribution in [0.4, 0.5) is 5.69 Å². The Morgan fingerprint density at radius 1 is 1.82 bits per heavy atom. The molecule has 11 heavy (non-hydrogen) atoms. The van der Waals surface area contributed by atoms with E-state index in [-0.39, 0.29) is 0 Å². The first-order chi connectivity index (χ1) is 5.20. The number of nitrogens with one attached hydrogen (secondary N) is 2. The molecule has 1 rings (SSSR count). The maximum absolute atomic E-state index is 10.4. The SMILES string of the molecule is C[C@H](Nc1cc[nH]c1)C(=O)O. The molecule has 0 bridgehead atoms. The first-order valence-electron chi connectivity index (χ1n) is 3.32. The Balaban J connectivity index is 2.50. The third-order valence-electron chi connectivity index (χ3n) is 1.35. The Kier molecular flexibility index (Phi) is 2.15. The lowest BCUT2D eigenvalue weighted by molar-refractivity contribution is -0.137. The van der Waals surface area contributed by atoms with Gasteiger partial charge in [0.1, 0.15) is 6.04 Å². The molecule has 0 saturated carbocycles. The number of carboxylic acid groups (broad SMARTS) is 1. The second-order valence-corrected chi connectivity index (χ2v) is 2.30. The second kappa shape index (κ2) is 3.09. The molecule has 0 unspecified atom stereocenters. The first kappa shape index (κ1) is 7.65. The van der Waals surface area contributed by atoms with Gasteiger partial charge in [-0.2, -0.15) is 0 Å². The summed E-state index contributed by atoms with van der Waals surface area (Å²) in [5.74, 6) is -0.855. The lowest BCUT2D eigenvalue weighted by Gasteiger charge is -2.07. The summed E-state index contributed by atoms with van der Waals surface area (Å²) in [6, 6.07) is 1.23. The molecule has 0 aromatic carbocycles. The minimum Gasteiger partial charge on any atom is -0.480 e. The number of carbonyl (C=O) groups is 1. The predicted molar refractivity (Wildman–Crippen MR) is 41.5 cm³/mol. The fourth-order valence-electron chi connectivity index (χ4n) is 0.725. The summed E-state index contributed by atoms with van der Waals surface area (Å²) in [5.41, 5.74) is 0.792. The van der Waals surface area contributed by atoms with E-state index < -0.39 is 12.0 Å². The molecule has 0 aliphatic heterocycles. The molecular weight excluding hydrogens is 144 g/mol. The van der Waals surface area contributed by atoms with Crippen LogP contribution in [0.3, 0.4) is 0 Å². The van der Waals surface area contributed by atoms with E-state index in [0.29, 0.717) is 0 Å². The number of carboxylic acids is 1. The van der Waals surface area contributed by atoms with E-state index in [9.17, 15) is 4.79 Å². The van der Waals surface area contributed by atoms with Crippen LogP contribution in [0.15, 0.2) is 18.5 Å². The zero-order chi connectivity index (χ0) is 8.27. The van der Waals surface area contributed by atoms with Crippen molar-refractivity contribution in [1.29, 1.82) is 0 Å². The summed E-state index contributed by atoms with van der Waals surface area (Å²) >= 11 is 0. The number of aromatic amines is 1. The van der Waals surface area contributed by atoms with Gasteiger partial charge in [0.15, 0.2) is 0 Å². The Hall–Kier alpha value is -1.45. The molecule has 4 heteroatoms. The van der Waals surface area contributed by atoms with E-state index in [0.717, 1.165) is 5.69 Å². The molecule has 4 nitrogen and oxygen atoms in total. The highest BCUT2D eigenvalue weighted by molar-refractivity contribution is 5.76. The molecule has 1 aromatic rings. The van der Waals surface area contributed by atoms with Gasteiger partial charge in [-0.3, -0.25) is 4.79 Å². The molecule has 0 fully saturated rings. The lowest BCUT2D eigenvalue weighted by atomic mass is 10.3. The molecule has 1 heterocycles. The monoisotopic (exact) mass is 154 g/mol. The Morgan fingerprint density at radius 2 is 2.55 bits per heavy atom. The number of anilines is 1. The van der Waals surface area contributed by atoms with E-state index in [1.165, 1.54) is 0 Å². The number of aromatic nitrogens is 1. The van der Waals surface area contributed by atoms with Crippen molar-refractivity contribution in [3.8, 4) is 0 Å². The molecule has 60 valence electrons. The normalized spacial score (nSPS) is 12.5. The average Bonchev–Trinajstić information content (AvgIpc) is 2.39. The number of rotatable bonds is 3. The van der Waals surface area contributed by atoms with E-state index in [1.807, 2.05) is 0 Å². The van der Waals surface area contributed by atoms with Gasteiger partial charge in [-0.05, 0) is 13.0 Å². The minimum absolute atomic E-state index is 0.550. The van der Waals surface area contributed by atoms with Gasteiger partial charge in [0.2, 0.25) is 0 Å². The van der Waals surface area contributed by atoms with Crippen molar-refractivity contribution in [2.45, 2.75) is 13.0 Å². The number of H-pyrrole nitrogens is 1. The molecule has 1 atom stereocenters. The predicted octanol–water partition coefficient (Wildman–Crippen LogP) is 0.900. The van der Waals surface area contributed by atoms with Crippen molar-refractivity contribution >= 4 is 11.7 Å². The average molecular weight is 154 g/mol. The van der Waals surface area contributed by atoms with Gasteiger partial charge in [-0.1, -0.05) is 0 Å². The zero-order valence-corrected chi connectivity index (χ0v) is 6.16. The Bertz CT molecular complexity index is 231. The van der Waals surface area contributed by atoms with Crippen LogP contribution in [-0.2, 0) is 4.79 Å². The van der Waals surface area contributed by atoms with Gasteiger partial charge in [0, 0.05) is 12.4 Å². The second-order valence-electron chi connectivity index (χ2n) is 2.30. The fraction of sp³-hybridized carbons (Fsp3) is 0.286. The number of hydrogen-bond donors (Lipinski definition) is 3. The van der Waals surface area contributed by atoms with Crippen LogP contribution in [0, 0.1) is 0 Å². The van der Waals surface area contributed by atoms with Crippen LogP contribution in [-0.4, -0.2) is 22.1 Å². The summed E-state index contributed by atoms with van der Waals surface area (Å²) < 4.78 is 0. The molecule has 3 N–H and O–H groups in total. The highest BCUT2D eigenvalue weighted by Crippen LogP contribution is 2.05. The van der Waals surface area contributed by atoms with Crippen LogP contribution >= 0.6 is 0 Å². The van der Waals surface area contributed by atoms with E-state index in [2.05, 4.69) is 10.3 Å². The third-order valence-corrected chi connectivity index (χ3v) is 1.35.